The maximum atomic E-state index is 5.98. The third kappa shape index (κ3) is 3.08. The zero-order valence-electron chi connectivity index (χ0n) is 10.7. The van der Waals surface area contributed by atoms with E-state index in [9.17, 15) is 0 Å². The van der Waals surface area contributed by atoms with Crippen LogP contribution in [0, 0.1) is 0 Å². The fraction of sp³-hybridized carbons (Fsp3) is 0.500. The molecule has 2 aromatic heterocycles. The summed E-state index contributed by atoms with van der Waals surface area (Å²) in [6.45, 7) is 4.29. The van der Waals surface area contributed by atoms with Crippen molar-refractivity contribution in [2.45, 2.75) is 26.3 Å². The summed E-state index contributed by atoms with van der Waals surface area (Å²) in [6.07, 6.45) is 3.11. The van der Waals surface area contributed by atoms with Crippen LogP contribution < -0.4 is 5.32 Å². The maximum Gasteiger partial charge on any atom is 0.225 e. The van der Waals surface area contributed by atoms with Crippen LogP contribution in [0.15, 0.2) is 6.07 Å². The minimum Gasteiger partial charge on any atom is -0.366 e. The Kier molecular flexibility index (Phi) is 4.70. The number of thiophene rings is 1. The van der Waals surface area contributed by atoms with Gasteiger partial charge in [-0.2, -0.15) is 11.8 Å². The molecule has 3 nitrogen and oxygen atoms in total. The van der Waals surface area contributed by atoms with Crippen LogP contribution in [0.2, 0.25) is 5.28 Å². The molecule has 1 atom stereocenters. The predicted molar refractivity (Wildman–Crippen MR) is 83.3 cm³/mol. The van der Waals surface area contributed by atoms with E-state index in [0.29, 0.717) is 11.3 Å². The van der Waals surface area contributed by atoms with Crippen molar-refractivity contribution < 1.29 is 0 Å². The molecule has 0 fully saturated rings. The SMILES string of the molecule is CCc1cc2c(NC(C)CSC)nc(Cl)nc2s1. The van der Waals surface area contributed by atoms with Crippen molar-refractivity contribution in [2.24, 2.45) is 0 Å². The first-order valence-electron chi connectivity index (χ1n) is 5.85. The van der Waals surface area contributed by atoms with Gasteiger partial charge in [-0.15, -0.1) is 11.3 Å². The van der Waals surface area contributed by atoms with Crippen LogP contribution in [0.3, 0.4) is 0 Å². The number of nitrogens with zero attached hydrogens (tertiary/aromatic N) is 2. The molecule has 0 radical (unpaired) electrons. The molecule has 0 aliphatic rings. The smallest absolute Gasteiger partial charge is 0.225 e. The summed E-state index contributed by atoms with van der Waals surface area (Å²) in [5, 5.41) is 4.80. The van der Waals surface area contributed by atoms with E-state index < -0.39 is 0 Å². The molecule has 2 aromatic rings. The van der Waals surface area contributed by atoms with Gasteiger partial charge >= 0.3 is 0 Å². The molecule has 0 saturated carbocycles. The van der Waals surface area contributed by atoms with Gasteiger partial charge in [0.2, 0.25) is 5.28 Å². The summed E-state index contributed by atoms with van der Waals surface area (Å²) in [4.78, 5) is 10.9. The van der Waals surface area contributed by atoms with Crippen LogP contribution in [0.1, 0.15) is 18.7 Å². The van der Waals surface area contributed by atoms with Gasteiger partial charge in [-0.3, -0.25) is 0 Å². The van der Waals surface area contributed by atoms with Crippen LogP contribution >= 0.6 is 34.7 Å². The Morgan fingerprint density at radius 3 is 2.94 bits per heavy atom. The van der Waals surface area contributed by atoms with Crippen molar-refractivity contribution in [2.75, 3.05) is 17.3 Å². The van der Waals surface area contributed by atoms with Gasteiger partial charge < -0.3 is 5.32 Å². The Morgan fingerprint density at radius 2 is 2.28 bits per heavy atom. The van der Waals surface area contributed by atoms with Crippen LogP contribution in [0.25, 0.3) is 10.2 Å². The van der Waals surface area contributed by atoms with Gasteiger partial charge in [0.25, 0.3) is 0 Å². The lowest BCUT2D eigenvalue weighted by molar-refractivity contribution is 0.904. The number of halogens is 1. The molecule has 98 valence electrons. The molecule has 0 aromatic carbocycles. The lowest BCUT2D eigenvalue weighted by atomic mass is 10.3. The molecule has 0 aliphatic carbocycles. The molecule has 0 spiro atoms. The summed E-state index contributed by atoms with van der Waals surface area (Å²) >= 11 is 9.47. The minimum absolute atomic E-state index is 0.311. The molecule has 6 heteroatoms. The van der Waals surface area contributed by atoms with Gasteiger partial charge in [0.05, 0.1) is 5.39 Å². The number of hydrogen-bond acceptors (Lipinski definition) is 5. The molecule has 0 saturated heterocycles. The number of anilines is 1. The van der Waals surface area contributed by atoms with Gasteiger partial charge in [-0.05, 0) is 37.3 Å². The number of aromatic nitrogens is 2. The second kappa shape index (κ2) is 6.08. The maximum absolute atomic E-state index is 5.98. The molecule has 1 N–H and O–H groups in total. The number of fused-ring (bicyclic) bond motifs is 1. The highest BCUT2D eigenvalue weighted by Crippen LogP contribution is 2.30. The second-order valence-electron chi connectivity index (χ2n) is 4.13. The molecule has 2 rings (SSSR count). The Balaban J connectivity index is 2.38. The summed E-state index contributed by atoms with van der Waals surface area (Å²) in [5.41, 5.74) is 0. The Morgan fingerprint density at radius 1 is 1.50 bits per heavy atom. The molecular weight excluding hydrogens is 286 g/mol. The van der Waals surface area contributed by atoms with Crippen LogP contribution in [-0.4, -0.2) is 28.0 Å². The average Bonchev–Trinajstić information content (AvgIpc) is 2.72. The van der Waals surface area contributed by atoms with E-state index in [2.05, 4.69) is 41.5 Å². The Labute approximate surface area is 120 Å². The van der Waals surface area contributed by atoms with E-state index in [1.807, 2.05) is 11.8 Å². The van der Waals surface area contributed by atoms with E-state index in [4.69, 9.17) is 11.6 Å². The summed E-state index contributed by atoms with van der Waals surface area (Å²) in [6, 6.07) is 2.52. The third-order valence-electron chi connectivity index (χ3n) is 2.56. The number of thioether (sulfide) groups is 1. The Bertz CT molecular complexity index is 541. The van der Waals surface area contributed by atoms with Crippen molar-refractivity contribution in [1.29, 1.82) is 0 Å². The molecular formula is C12H16ClN3S2. The minimum atomic E-state index is 0.311. The highest BCUT2D eigenvalue weighted by Gasteiger charge is 2.12. The zero-order valence-corrected chi connectivity index (χ0v) is 13.0. The van der Waals surface area contributed by atoms with Crippen molar-refractivity contribution >= 4 is 50.7 Å². The lowest BCUT2D eigenvalue weighted by Gasteiger charge is -2.13. The molecule has 0 bridgehead atoms. The van der Waals surface area contributed by atoms with Crippen molar-refractivity contribution in [3.63, 3.8) is 0 Å². The number of nitrogens with one attached hydrogen (secondary N) is 1. The van der Waals surface area contributed by atoms with Crippen molar-refractivity contribution in [3.8, 4) is 0 Å². The zero-order chi connectivity index (χ0) is 13.1. The highest BCUT2D eigenvalue weighted by atomic mass is 35.5. The van der Waals surface area contributed by atoms with Crippen LogP contribution in [0.4, 0.5) is 5.82 Å². The van der Waals surface area contributed by atoms with Gasteiger partial charge in [0.15, 0.2) is 0 Å². The quantitative estimate of drug-likeness (QED) is 0.845. The molecule has 2 heterocycles. The first-order chi connectivity index (χ1) is 8.63. The lowest BCUT2D eigenvalue weighted by Crippen LogP contribution is -2.18. The first-order valence-corrected chi connectivity index (χ1v) is 8.44. The molecule has 18 heavy (non-hydrogen) atoms. The van der Waals surface area contributed by atoms with E-state index in [1.165, 1.54) is 4.88 Å². The predicted octanol–water partition coefficient (Wildman–Crippen LogP) is 4.07. The van der Waals surface area contributed by atoms with E-state index in [-0.39, 0.29) is 0 Å². The number of rotatable bonds is 5. The van der Waals surface area contributed by atoms with E-state index in [1.54, 1.807) is 11.3 Å². The largest absolute Gasteiger partial charge is 0.366 e. The fourth-order valence-electron chi connectivity index (χ4n) is 1.75. The number of aryl methyl sites for hydroxylation is 1. The highest BCUT2D eigenvalue weighted by molar-refractivity contribution is 7.98. The summed E-state index contributed by atoms with van der Waals surface area (Å²) in [7, 11) is 0. The van der Waals surface area contributed by atoms with E-state index >= 15 is 0 Å². The van der Waals surface area contributed by atoms with Gasteiger partial charge in [-0.1, -0.05) is 6.92 Å². The van der Waals surface area contributed by atoms with Crippen molar-refractivity contribution in [1.82, 2.24) is 9.97 Å². The Hall–Kier alpha value is -0.520. The summed E-state index contributed by atoms with van der Waals surface area (Å²) in [5.74, 6) is 1.89. The van der Waals surface area contributed by atoms with Crippen molar-refractivity contribution in [3.05, 3.63) is 16.2 Å². The number of hydrogen-bond donors (Lipinski definition) is 1. The topological polar surface area (TPSA) is 37.8 Å². The van der Waals surface area contributed by atoms with Gasteiger partial charge in [-0.25, -0.2) is 9.97 Å². The molecule has 0 aliphatic heterocycles. The van der Waals surface area contributed by atoms with Crippen LogP contribution in [-0.2, 0) is 6.42 Å². The monoisotopic (exact) mass is 301 g/mol. The second-order valence-corrected chi connectivity index (χ2v) is 6.49. The van der Waals surface area contributed by atoms with Gasteiger partial charge in [0.1, 0.15) is 10.6 Å². The van der Waals surface area contributed by atoms with Crippen LogP contribution in [0.5, 0.6) is 0 Å². The summed E-state index contributed by atoms with van der Waals surface area (Å²) < 4.78 is 0. The first kappa shape index (κ1) is 13.9. The molecule has 0 amide bonds. The molecule has 1 unspecified atom stereocenters. The standard InChI is InChI=1S/C12H16ClN3S2/c1-4-8-5-9-10(14-7(2)6-17-3)15-12(13)16-11(9)18-8/h5,7H,4,6H2,1-3H3,(H,14,15,16). The third-order valence-corrected chi connectivity index (χ3v) is 4.74. The average molecular weight is 302 g/mol. The van der Waals surface area contributed by atoms with Gasteiger partial charge in [0, 0.05) is 16.7 Å². The fourth-order valence-corrected chi connectivity index (χ4v) is 3.52. The normalized spacial score (nSPS) is 12.9. The van der Waals surface area contributed by atoms with E-state index in [0.717, 1.165) is 28.2 Å².